The standard InChI is InChI=1S/C22H29N5/c1-4-10-17-15-21(24-13-9-14-26(5-2)6-3)27-20-12-8-7-11-19(20)25-22(27)18(17)16-23/h7-8,11-12,15H,4-6,9-10,13-14H2,1-3H3,(H,24,25)/p+1. The second-order valence-corrected chi connectivity index (χ2v) is 6.92. The minimum absolute atomic E-state index is 0.752. The molecular weight excluding hydrogens is 334 g/mol. The van der Waals surface area contributed by atoms with Crippen LogP contribution in [-0.2, 0) is 6.42 Å². The van der Waals surface area contributed by atoms with E-state index in [9.17, 15) is 5.26 Å². The summed E-state index contributed by atoms with van der Waals surface area (Å²) < 4.78 is 2.16. The fourth-order valence-electron chi connectivity index (χ4n) is 3.74. The molecule has 0 aliphatic heterocycles. The third-order valence-electron chi connectivity index (χ3n) is 5.21. The van der Waals surface area contributed by atoms with E-state index in [0.717, 1.165) is 79.1 Å². The average molecular weight is 365 g/mol. The molecule has 0 aliphatic rings. The number of pyridine rings is 1. The van der Waals surface area contributed by atoms with Crippen molar-refractivity contribution < 1.29 is 4.40 Å². The smallest absolute Gasteiger partial charge is 0.250 e. The number of aryl methyl sites for hydroxylation is 1. The molecule has 3 aromatic rings. The lowest BCUT2D eigenvalue weighted by atomic mass is 10.1. The van der Waals surface area contributed by atoms with Gasteiger partial charge in [-0.15, -0.1) is 0 Å². The Bertz CT molecular complexity index is 947. The summed E-state index contributed by atoms with van der Waals surface area (Å²) >= 11 is 0. The predicted molar refractivity (Wildman–Crippen MR) is 111 cm³/mol. The number of aromatic nitrogens is 2. The van der Waals surface area contributed by atoms with Crippen molar-refractivity contribution in [2.24, 2.45) is 0 Å². The van der Waals surface area contributed by atoms with Crippen LogP contribution in [0.2, 0.25) is 0 Å². The van der Waals surface area contributed by atoms with Crippen molar-refractivity contribution in [2.75, 3.05) is 31.5 Å². The molecule has 3 rings (SSSR count). The molecule has 0 radical (unpaired) electrons. The Hall–Kier alpha value is -2.58. The number of H-pyrrole nitrogens is 1. The Labute approximate surface area is 161 Å². The van der Waals surface area contributed by atoms with Gasteiger partial charge in [0, 0.05) is 12.6 Å². The molecule has 0 amide bonds. The van der Waals surface area contributed by atoms with E-state index in [4.69, 9.17) is 0 Å². The van der Waals surface area contributed by atoms with Crippen LogP contribution in [0, 0.1) is 11.3 Å². The number of imidazole rings is 1. The largest absolute Gasteiger partial charge is 0.305 e. The average Bonchev–Trinajstić information content (AvgIpc) is 3.08. The molecule has 0 bridgehead atoms. The number of hydrogen-bond donors (Lipinski definition) is 2. The van der Waals surface area contributed by atoms with Crippen molar-refractivity contribution in [3.05, 3.63) is 41.5 Å². The topological polar surface area (TPSA) is 58.9 Å². The van der Waals surface area contributed by atoms with E-state index in [1.165, 1.54) is 0 Å². The number of fused-ring (bicyclic) bond motifs is 3. The molecular formula is C22H30N5+. The zero-order chi connectivity index (χ0) is 19.2. The lowest BCUT2D eigenvalue weighted by Gasteiger charge is -2.17. The highest BCUT2D eigenvalue weighted by molar-refractivity contribution is 5.77. The molecule has 0 fully saturated rings. The normalized spacial score (nSPS) is 11.4. The third kappa shape index (κ3) is 3.91. The lowest BCUT2D eigenvalue weighted by Crippen LogP contribution is -2.30. The molecule has 5 heteroatoms. The zero-order valence-electron chi connectivity index (χ0n) is 16.7. The molecule has 0 saturated carbocycles. The Morgan fingerprint density at radius 2 is 1.96 bits per heavy atom. The molecule has 27 heavy (non-hydrogen) atoms. The Kier molecular flexibility index (Phi) is 6.31. The van der Waals surface area contributed by atoms with Gasteiger partial charge in [-0.2, -0.15) is 9.66 Å². The molecule has 0 aliphatic carbocycles. The minimum Gasteiger partial charge on any atom is -0.305 e. The second kappa shape index (κ2) is 8.88. The van der Waals surface area contributed by atoms with E-state index in [1.807, 2.05) is 12.1 Å². The monoisotopic (exact) mass is 364 g/mol. The van der Waals surface area contributed by atoms with E-state index < -0.39 is 0 Å². The summed E-state index contributed by atoms with van der Waals surface area (Å²) in [5.41, 5.74) is 4.89. The maximum Gasteiger partial charge on any atom is 0.250 e. The van der Waals surface area contributed by atoms with Crippen molar-refractivity contribution in [1.29, 1.82) is 5.26 Å². The van der Waals surface area contributed by atoms with Crippen LogP contribution in [0.1, 0.15) is 44.7 Å². The maximum atomic E-state index is 9.78. The van der Waals surface area contributed by atoms with Gasteiger partial charge in [0.15, 0.2) is 0 Å². The van der Waals surface area contributed by atoms with E-state index in [2.05, 4.69) is 64.6 Å². The molecule has 0 spiro atoms. The van der Waals surface area contributed by atoms with Gasteiger partial charge in [0.1, 0.15) is 22.7 Å². The summed E-state index contributed by atoms with van der Waals surface area (Å²) in [6.07, 6.45) is 3.02. The zero-order valence-corrected chi connectivity index (χ0v) is 16.7. The van der Waals surface area contributed by atoms with Gasteiger partial charge in [-0.3, -0.25) is 4.98 Å². The number of nitrogens with zero attached hydrogens (tertiary/aromatic N) is 3. The molecule has 0 atom stereocenters. The molecule has 142 valence electrons. The summed E-state index contributed by atoms with van der Waals surface area (Å²) in [6, 6.07) is 12.8. The SMILES string of the molecule is CCCc1cc(NCCCN(CC)CC)[n+]2c([nH]c3ccccc32)c1C#N. The molecule has 2 aromatic heterocycles. The number of nitriles is 1. The highest BCUT2D eigenvalue weighted by Crippen LogP contribution is 2.21. The fourth-order valence-corrected chi connectivity index (χ4v) is 3.74. The van der Waals surface area contributed by atoms with Crippen molar-refractivity contribution >= 4 is 22.5 Å². The Balaban J connectivity index is 1.98. The predicted octanol–water partition coefficient (Wildman–Crippen LogP) is 3.87. The van der Waals surface area contributed by atoms with Crippen LogP contribution < -0.4 is 9.72 Å². The van der Waals surface area contributed by atoms with E-state index in [-0.39, 0.29) is 0 Å². The lowest BCUT2D eigenvalue weighted by molar-refractivity contribution is -0.465. The first-order valence-corrected chi connectivity index (χ1v) is 10.1. The molecule has 0 saturated heterocycles. The Morgan fingerprint density at radius 3 is 2.67 bits per heavy atom. The molecule has 2 heterocycles. The molecule has 2 N–H and O–H groups in total. The summed E-state index contributed by atoms with van der Waals surface area (Å²) in [7, 11) is 0. The summed E-state index contributed by atoms with van der Waals surface area (Å²) in [6.45, 7) is 10.8. The molecule has 0 unspecified atom stereocenters. The number of para-hydroxylation sites is 2. The van der Waals surface area contributed by atoms with Gasteiger partial charge >= 0.3 is 0 Å². The van der Waals surface area contributed by atoms with Gasteiger partial charge in [0.05, 0.1) is 6.54 Å². The molecule has 5 nitrogen and oxygen atoms in total. The Morgan fingerprint density at radius 1 is 1.19 bits per heavy atom. The van der Waals surface area contributed by atoms with E-state index >= 15 is 0 Å². The van der Waals surface area contributed by atoms with Crippen LogP contribution in [0.3, 0.4) is 0 Å². The van der Waals surface area contributed by atoms with Crippen molar-refractivity contribution in [2.45, 2.75) is 40.0 Å². The van der Waals surface area contributed by atoms with Gasteiger partial charge in [0.2, 0.25) is 11.5 Å². The van der Waals surface area contributed by atoms with Crippen LogP contribution >= 0.6 is 0 Å². The highest BCUT2D eigenvalue weighted by atomic mass is 15.1. The van der Waals surface area contributed by atoms with Gasteiger partial charge in [0.25, 0.3) is 0 Å². The van der Waals surface area contributed by atoms with Gasteiger partial charge in [-0.25, -0.2) is 0 Å². The van der Waals surface area contributed by atoms with Gasteiger partial charge < -0.3 is 10.2 Å². The van der Waals surface area contributed by atoms with Crippen LogP contribution in [-0.4, -0.2) is 36.1 Å². The number of benzene rings is 1. The van der Waals surface area contributed by atoms with Crippen LogP contribution in [0.4, 0.5) is 5.82 Å². The van der Waals surface area contributed by atoms with Crippen molar-refractivity contribution in [3.8, 4) is 6.07 Å². The summed E-state index contributed by atoms with van der Waals surface area (Å²) in [5, 5.41) is 13.4. The van der Waals surface area contributed by atoms with E-state index in [0.29, 0.717) is 0 Å². The minimum atomic E-state index is 0.752. The van der Waals surface area contributed by atoms with Crippen LogP contribution in [0.25, 0.3) is 16.7 Å². The van der Waals surface area contributed by atoms with Crippen LogP contribution in [0.5, 0.6) is 0 Å². The van der Waals surface area contributed by atoms with Crippen LogP contribution in [0.15, 0.2) is 30.3 Å². The first-order valence-electron chi connectivity index (χ1n) is 10.1. The first kappa shape index (κ1) is 19.2. The van der Waals surface area contributed by atoms with Crippen molar-refractivity contribution in [1.82, 2.24) is 9.88 Å². The number of hydrogen-bond acceptors (Lipinski definition) is 3. The highest BCUT2D eigenvalue weighted by Gasteiger charge is 2.21. The van der Waals surface area contributed by atoms with Crippen molar-refractivity contribution in [3.63, 3.8) is 0 Å². The summed E-state index contributed by atoms with van der Waals surface area (Å²) in [4.78, 5) is 5.90. The number of rotatable bonds is 9. The third-order valence-corrected chi connectivity index (χ3v) is 5.21. The summed E-state index contributed by atoms with van der Waals surface area (Å²) in [5.74, 6) is 1.06. The molecule has 1 aromatic carbocycles. The number of aromatic amines is 1. The fraction of sp³-hybridized carbons (Fsp3) is 0.455. The second-order valence-electron chi connectivity index (χ2n) is 6.92. The number of anilines is 1. The quantitative estimate of drug-likeness (QED) is 0.447. The first-order chi connectivity index (χ1) is 13.2. The van der Waals surface area contributed by atoms with E-state index in [1.54, 1.807) is 0 Å². The van der Waals surface area contributed by atoms with Gasteiger partial charge in [-0.1, -0.05) is 39.3 Å². The van der Waals surface area contributed by atoms with Gasteiger partial charge in [-0.05, 0) is 43.6 Å². The maximum absolute atomic E-state index is 9.78. The number of nitrogens with one attached hydrogen (secondary N) is 2.